The Bertz CT molecular complexity index is 837. The van der Waals surface area contributed by atoms with E-state index in [1.807, 2.05) is 33.9 Å². The van der Waals surface area contributed by atoms with Crippen LogP contribution in [0.25, 0.3) is 5.53 Å². The molecule has 0 saturated heterocycles. The molecule has 0 amide bonds. The Hall–Kier alpha value is -2.64. The van der Waals surface area contributed by atoms with Crippen LogP contribution in [0.4, 0.5) is 4.79 Å². The first-order valence-electron chi connectivity index (χ1n) is 9.26. The van der Waals surface area contributed by atoms with Gasteiger partial charge in [0.15, 0.2) is 5.76 Å². The van der Waals surface area contributed by atoms with Crippen molar-refractivity contribution < 1.29 is 28.3 Å². The monoisotopic (exact) mass is 421 g/mol. The van der Waals surface area contributed by atoms with Gasteiger partial charge in [0.2, 0.25) is 0 Å². The minimum atomic E-state index is -2.28. The molecule has 160 valence electrons. The van der Waals surface area contributed by atoms with E-state index in [1.54, 1.807) is 32.9 Å². The summed E-state index contributed by atoms with van der Waals surface area (Å²) in [6.07, 6.45) is 0.924. The fraction of sp³-hybridized carbons (Fsp3) is 0.550. The molecule has 0 spiro atoms. The molecule has 0 aromatic carbocycles. The standard InChI is InChI=1S/C20H31N3O5Si/c1-14(28-29(8,9)20(5,6)7)16(22-21)17(24)26-13-15-11-10-12-23(15)18(25)27-19(2,3)4/h10-12H,1,13H2,2-9H3. The molecule has 0 unspecified atom stereocenters. The van der Waals surface area contributed by atoms with Gasteiger partial charge in [-0.1, -0.05) is 20.8 Å². The number of esters is 1. The molecule has 0 N–H and O–H groups in total. The predicted octanol–water partition coefficient (Wildman–Crippen LogP) is 4.52. The average molecular weight is 422 g/mol. The lowest BCUT2D eigenvalue weighted by atomic mass is 10.2. The summed E-state index contributed by atoms with van der Waals surface area (Å²) in [6, 6.07) is 3.25. The molecule has 0 aliphatic heterocycles. The van der Waals surface area contributed by atoms with Gasteiger partial charge in [0.05, 0.1) is 5.69 Å². The summed E-state index contributed by atoms with van der Waals surface area (Å²) in [7, 11) is -2.28. The molecule has 1 heterocycles. The van der Waals surface area contributed by atoms with Crippen molar-refractivity contribution in [2.45, 2.75) is 71.9 Å². The first kappa shape index (κ1) is 24.4. The highest BCUT2D eigenvalue weighted by atomic mass is 28.4. The third-order valence-electron chi connectivity index (χ3n) is 4.52. The number of rotatable bonds is 6. The number of hydrogen-bond acceptors (Lipinski definition) is 5. The van der Waals surface area contributed by atoms with Gasteiger partial charge >= 0.3 is 17.8 Å². The largest absolute Gasteiger partial charge is 0.538 e. The quantitative estimate of drug-likeness (QED) is 0.168. The Morgan fingerprint density at radius 3 is 2.28 bits per heavy atom. The average Bonchev–Trinajstić information content (AvgIpc) is 2.99. The molecule has 1 aromatic rings. The summed E-state index contributed by atoms with van der Waals surface area (Å²) < 4.78 is 17.7. The van der Waals surface area contributed by atoms with E-state index in [1.165, 1.54) is 10.8 Å². The van der Waals surface area contributed by atoms with Gasteiger partial charge in [-0.15, -0.1) is 0 Å². The number of nitrogens with zero attached hydrogens (tertiary/aromatic N) is 3. The number of aromatic nitrogens is 1. The van der Waals surface area contributed by atoms with Gasteiger partial charge in [0.1, 0.15) is 12.2 Å². The van der Waals surface area contributed by atoms with Crippen LogP contribution in [0, 0.1) is 0 Å². The van der Waals surface area contributed by atoms with Crippen LogP contribution in [0.1, 0.15) is 47.2 Å². The van der Waals surface area contributed by atoms with E-state index in [0.29, 0.717) is 5.69 Å². The summed E-state index contributed by atoms with van der Waals surface area (Å²) in [5.74, 6) is -0.959. The van der Waals surface area contributed by atoms with E-state index in [9.17, 15) is 15.1 Å². The van der Waals surface area contributed by atoms with E-state index in [2.05, 4.69) is 11.4 Å². The second kappa shape index (κ2) is 8.80. The second-order valence-corrected chi connectivity index (χ2v) is 13.9. The SMILES string of the molecule is C=C(O[Si](C)(C)C(C)(C)C)C(=[N+]=[N-])C(=O)OCc1cccn1C(=O)OC(C)(C)C. The molecule has 8 nitrogen and oxygen atoms in total. The Balaban J connectivity index is 2.85. The summed E-state index contributed by atoms with van der Waals surface area (Å²) >= 11 is 0. The molecule has 9 heteroatoms. The van der Waals surface area contributed by atoms with Crippen LogP contribution >= 0.6 is 0 Å². The highest BCUT2D eigenvalue weighted by Crippen LogP contribution is 2.37. The molecule has 29 heavy (non-hydrogen) atoms. The number of hydrogen-bond donors (Lipinski definition) is 0. The van der Waals surface area contributed by atoms with Crippen LogP contribution in [0.15, 0.2) is 30.7 Å². The third kappa shape index (κ3) is 6.72. The highest BCUT2D eigenvalue weighted by molar-refractivity contribution is 6.74. The van der Waals surface area contributed by atoms with E-state index in [0.717, 1.165) is 0 Å². The molecular weight excluding hydrogens is 390 g/mol. The van der Waals surface area contributed by atoms with Gasteiger partial charge in [-0.2, -0.15) is 4.79 Å². The Kier molecular flexibility index (Phi) is 7.40. The smallest absolute Gasteiger partial charge is 0.438 e. The maximum atomic E-state index is 12.4. The minimum Gasteiger partial charge on any atom is -0.538 e. The fourth-order valence-electron chi connectivity index (χ4n) is 1.95. The van der Waals surface area contributed by atoms with Crippen LogP contribution in [-0.4, -0.2) is 41.0 Å². The molecule has 0 saturated carbocycles. The van der Waals surface area contributed by atoms with E-state index in [4.69, 9.17) is 13.9 Å². The van der Waals surface area contributed by atoms with Crippen molar-refractivity contribution in [1.82, 2.24) is 4.57 Å². The van der Waals surface area contributed by atoms with Crippen molar-refractivity contribution in [3.63, 3.8) is 0 Å². The van der Waals surface area contributed by atoms with Crippen LogP contribution in [-0.2, 0) is 25.3 Å². The fourth-order valence-corrected chi connectivity index (χ4v) is 2.97. The molecule has 0 bridgehead atoms. The van der Waals surface area contributed by atoms with Gasteiger partial charge in [-0.25, -0.2) is 9.59 Å². The zero-order chi connectivity index (χ0) is 22.6. The van der Waals surface area contributed by atoms with Gasteiger partial charge in [-0.05, 0) is 57.6 Å². The van der Waals surface area contributed by atoms with Crippen molar-refractivity contribution in [3.8, 4) is 0 Å². The molecule has 0 radical (unpaired) electrons. The van der Waals surface area contributed by atoms with Crippen molar-refractivity contribution in [2.24, 2.45) is 0 Å². The molecule has 0 aliphatic rings. The summed E-state index contributed by atoms with van der Waals surface area (Å²) in [5, 5.41) is -0.130. The zero-order valence-electron chi connectivity index (χ0n) is 18.5. The maximum absolute atomic E-state index is 12.4. The van der Waals surface area contributed by atoms with E-state index < -0.39 is 31.7 Å². The number of ether oxygens (including phenoxy) is 2. The lowest BCUT2D eigenvalue weighted by Crippen LogP contribution is -2.42. The van der Waals surface area contributed by atoms with Crippen molar-refractivity contribution in [1.29, 1.82) is 0 Å². The first-order chi connectivity index (χ1) is 13.1. The molecular formula is C20H31N3O5Si. The summed E-state index contributed by atoms with van der Waals surface area (Å²) in [6.45, 7) is 18.8. The molecule has 0 aliphatic carbocycles. The molecule has 0 fully saturated rings. The van der Waals surface area contributed by atoms with Crippen LogP contribution < -0.4 is 0 Å². The predicted molar refractivity (Wildman–Crippen MR) is 112 cm³/mol. The lowest BCUT2D eigenvalue weighted by molar-refractivity contribution is -0.141. The topological polar surface area (TPSA) is 103 Å². The Labute approximate surface area is 173 Å². The van der Waals surface area contributed by atoms with Crippen LogP contribution in [0.5, 0.6) is 0 Å². The van der Waals surface area contributed by atoms with Gasteiger partial charge in [0.25, 0.3) is 8.32 Å². The van der Waals surface area contributed by atoms with Crippen molar-refractivity contribution >= 4 is 26.1 Å². The molecule has 1 aromatic heterocycles. The Morgan fingerprint density at radius 2 is 1.79 bits per heavy atom. The first-order valence-corrected chi connectivity index (χ1v) is 12.2. The van der Waals surface area contributed by atoms with Crippen molar-refractivity contribution in [2.75, 3.05) is 0 Å². The van der Waals surface area contributed by atoms with Crippen LogP contribution in [0.2, 0.25) is 18.1 Å². The minimum absolute atomic E-state index is 0.0494. The van der Waals surface area contributed by atoms with E-state index in [-0.39, 0.29) is 17.4 Å². The maximum Gasteiger partial charge on any atom is 0.438 e. The normalized spacial score (nSPS) is 12.0. The van der Waals surface area contributed by atoms with Crippen molar-refractivity contribution in [3.05, 3.63) is 41.9 Å². The van der Waals surface area contributed by atoms with Gasteiger partial charge < -0.3 is 19.4 Å². The third-order valence-corrected chi connectivity index (χ3v) is 8.89. The lowest BCUT2D eigenvalue weighted by Gasteiger charge is -2.36. The Morgan fingerprint density at radius 1 is 1.21 bits per heavy atom. The molecule has 0 atom stereocenters. The second-order valence-electron chi connectivity index (χ2n) is 9.16. The van der Waals surface area contributed by atoms with Crippen LogP contribution in [0.3, 0.4) is 0 Å². The number of carbonyl (C=O) groups excluding carboxylic acids is 2. The van der Waals surface area contributed by atoms with E-state index >= 15 is 0 Å². The molecule has 1 rings (SSSR count). The summed E-state index contributed by atoms with van der Waals surface area (Å²) in [5.41, 5.74) is 8.61. The zero-order valence-corrected chi connectivity index (χ0v) is 19.5. The van der Waals surface area contributed by atoms with Gasteiger partial charge in [-0.3, -0.25) is 4.57 Å². The highest BCUT2D eigenvalue weighted by Gasteiger charge is 2.42. The number of carbonyl (C=O) groups is 2. The summed E-state index contributed by atoms with van der Waals surface area (Å²) in [4.78, 5) is 27.6. The van der Waals surface area contributed by atoms with Gasteiger partial charge in [0, 0.05) is 6.20 Å².